The molecule has 0 aliphatic carbocycles. The zero-order chi connectivity index (χ0) is 12.3. The first-order valence-electron chi connectivity index (χ1n) is 5.93. The molecule has 0 saturated heterocycles. The molecule has 0 heterocycles. The number of hydrogen-bond donors (Lipinski definition) is 2. The largest absolute Gasteiger partial charge is 0.381 e. The van der Waals surface area contributed by atoms with Crippen LogP contribution in [0.25, 0.3) is 0 Å². The maximum Gasteiger partial charge on any atom is 0.0466 e. The highest BCUT2D eigenvalue weighted by molar-refractivity contribution is 8.92. The maximum absolute atomic E-state index is 5.51. The van der Waals surface area contributed by atoms with Crippen LogP contribution in [0.15, 0.2) is 0 Å². The van der Waals surface area contributed by atoms with Gasteiger partial charge in [-0.15, -0.1) is 20.0 Å². The van der Waals surface area contributed by atoms with Crippen molar-refractivity contribution in [1.29, 1.82) is 0 Å². The number of nitrogens with one attached hydrogen (secondary N) is 1. The summed E-state index contributed by atoms with van der Waals surface area (Å²) < 4.78 is 9.11. The summed E-state index contributed by atoms with van der Waals surface area (Å²) in [7, 11) is 1.32. The molecule has 16 heavy (non-hydrogen) atoms. The van der Waals surface area contributed by atoms with Crippen molar-refractivity contribution in [2.45, 2.75) is 25.7 Å². The third-order valence-corrected chi connectivity index (χ3v) is 6.91. The van der Waals surface area contributed by atoms with Gasteiger partial charge in [-0.1, -0.05) is 0 Å². The smallest absolute Gasteiger partial charge is 0.0466 e. The van der Waals surface area contributed by atoms with Crippen LogP contribution in [0.3, 0.4) is 0 Å². The molecule has 0 atom stereocenters. The molecule has 0 radical (unpaired) electrons. The van der Waals surface area contributed by atoms with Gasteiger partial charge in [-0.2, -0.15) is 0 Å². The van der Waals surface area contributed by atoms with E-state index in [1.807, 2.05) is 10.8 Å². The van der Waals surface area contributed by atoms with Crippen LogP contribution in [0.5, 0.6) is 0 Å². The molecule has 0 unspecified atom stereocenters. The summed E-state index contributed by atoms with van der Waals surface area (Å²) in [5, 5.41) is 0. The van der Waals surface area contributed by atoms with Gasteiger partial charge in [0.15, 0.2) is 0 Å². The Balaban J connectivity index is 3.10. The normalized spacial score (nSPS) is 13.0. The number of hydrogen-bond acceptors (Lipinski definition) is 4. The van der Waals surface area contributed by atoms with E-state index in [0.29, 0.717) is 0 Å². The van der Waals surface area contributed by atoms with Crippen molar-refractivity contribution in [3.63, 3.8) is 0 Å². The van der Waals surface area contributed by atoms with Gasteiger partial charge in [0.1, 0.15) is 0 Å². The predicted octanol–water partition coefficient (Wildman–Crippen LogP) is 2.37. The van der Waals surface area contributed by atoms with Gasteiger partial charge in [0.2, 0.25) is 0 Å². The molecule has 0 fully saturated rings. The lowest BCUT2D eigenvalue weighted by molar-refractivity contribution is 0.127. The number of rotatable bonds is 11. The molecule has 0 amide bonds. The molecule has 0 spiro atoms. The van der Waals surface area contributed by atoms with E-state index < -0.39 is 9.25 Å². The first kappa shape index (κ1) is 16.6. The Labute approximate surface area is 106 Å². The van der Waals surface area contributed by atoms with E-state index in [2.05, 4.69) is 23.5 Å². The van der Waals surface area contributed by atoms with Crippen molar-refractivity contribution in [1.82, 2.24) is 4.72 Å². The summed E-state index contributed by atoms with van der Waals surface area (Å²) in [6.07, 6.45) is 11.3. The van der Waals surface area contributed by atoms with Crippen molar-refractivity contribution >= 4 is 20.0 Å². The van der Waals surface area contributed by atoms with E-state index in [9.17, 15) is 0 Å². The van der Waals surface area contributed by atoms with Crippen molar-refractivity contribution in [2.75, 3.05) is 45.1 Å². The van der Waals surface area contributed by atoms with Gasteiger partial charge in [-0.25, -0.2) is 0 Å². The standard InChI is InChI=1S/C11H28N2OS2/c1-15-16(2,3)13-9-5-7-11-14-10-6-4-8-12/h13H,4-12H2,1-3H3. The summed E-state index contributed by atoms with van der Waals surface area (Å²) in [5.74, 6) is 0. The first-order chi connectivity index (χ1) is 7.62. The van der Waals surface area contributed by atoms with Crippen LogP contribution in [0, 0.1) is 0 Å². The zero-order valence-corrected chi connectivity index (χ0v) is 12.6. The molecule has 0 aliphatic rings. The number of ether oxygens (including phenoxy) is 1. The Kier molecular flexibility index (Phi) is 11.1. The minimum absolute atomic E-state index is 0.612. The second kappa shape index (κ2) is 10.7. The lowest BCUT2D eigenvalue weighted by Gasteiger charge is -2.29. The van der Waals surface area contributed by atoms with Gasteiger partial charge >= 0.3 is 0 Å². The Morgan fingerprint density at radius 3 is 2.31 bits per heavy atom. The Hall–Kier alpha value is 0.580. The van der Waals surface area contributed by atoms with Crippen molar-refractivity contribution < 1.29 is 4.74 Å². The first-order valence-corrected chi connectivity index (χ1v) is 10.1. The van der Waals surface area contributed by atoms with Crippen LogP contribution in [-0.2, 0) is 4.74 Å². The molecule has 5 heteroatoms. The Morgan fingerprint density at radius 1 is 1.12 bits per heavy atom. The van der Waals surface area contributed by atoms with Crippen LogP contribution in [-0.4, -0.2) is 45.1 Å². The molecule has 3 nitrogen and oxygen atoms in total. The summed E-state index contributed by atoms with van der Waals surface area (Å²) in [5.41, 5.74) is 5.40. The van der Waals surface area contributed by atoms with Gasteiger partial charge in [-0.3, -0.25) is 4.72 Å². The van der Waals surface area contributed by atoms with E-state index in [4.69, 9.17) is 10.5 Å². The van der Waals surface area contributed by atoms with Crippen LogP contribution in [0.2, 0.25) is 0 Å². The number of nitrogens with two attached hydrogens (primary N) is 1. The number of unbranched alkanes of at least 4 members (excludes halogenated alkanes) is 2. The van der Waals surface area contributed by atoms with E-state index in [-0.39, 0.29) is 0 Å². The highest BCUT2D eigenvalue weighted by atomic mass is 33.2. The Morgan fingerprint density at radius 2 is 1.75 bits per heavy atom. The average Bonchev–Trinajstić information content (AvgIpc) is 2.27. The van der Waals surface area contributed by atoms with Gasteiger partial charge in [0.05, 0.1) is 0 Å². The minimum Gasteiger partial charge on any atom is -0.381 e. The molecule has 0 aliphatic heterocycles. The third kappa shape index (κ3) is 11.1. The molecule has 0 aromatic rings. The molecule has 0 bridgehead atoms. The SMILES string of the molecule is CSS(C)(C)NCCCCOCCCCN. The van der Waals surface area contributed by atoms with Gasteiger partial charge < -0.3 is 10.5 Å². The summed E-state index contributed by atoms with van der Waals surface area (Å²) in [6, 6.07) is 0. The van der Waals surface area contributed by atoms with Gasteiger partial charge in [0.25, 0.3) is 0 Å². The lowest BCUT2D eigenvalue weighted by atomic mass is 10.3. The average molecular weight is 268 g/mol. The molecule has 0 aromatic heterocycles. The molecule has 0 saturated carbocycles. The predicted molar refractivity (Wildman–Crippen MR) is 79.3 cm³/mol. The Bertz CT molecular complexity index is 157. The van der Waals surface area contributed by atoms with Crippen molar-refractivity contribution in [2.24, 2.45) is 5.73 Å². The van der Waals surface area contributed by atoms with Crippen LogP contribution in [0.1, 0.15) is 25.7 Å². The second-order valence-corrected chi connectivity index (χ2v) is 10.7. The van der Waals surface area contributed by atoms with Crippen LogP contribution >= 0.6 is 20.0 Å². The van der Waals surface area contributed by atoms with Crippen LogP contribution < -0.4 is 10.5 Å². The minimum atomic E-state index is -0.612. The van der Waals surface area contributed by atoms with E-state index in [0.717, 1.165) is 45.6 Å². The molecular formula is C11H28N2OS2. The molecule has 0 aromatic carbocycles. The highest BCUT2D eigenvalue weighted by Crippen LogP contribution is 2.47. The van der Waals surface area contributed by atoms with Gasteiger partial charge in [-0.05, 0) is 51.0 Å². The van der Waals surface area contributed by atoms with Crippen molar-refractivity contribution in [3.05, 3.63) is 0 Å². The molecule has 100 valence electrons. The molecular weight excluding hydrogens is 240 g/mol. The van der Waals surface area contributed by atoms with Crippen molar-refractivity contribution in [3.8, 4) is 0 Å². The fraction of sp³-hybridized carbons (Fsp3) is 1.00. The maximum atomic E-state index is 5.51. The molecule has 3 N–H and O–H groups in total. The zero-order valence-electron chi connectivity index (χ0n) is 11.0. The lowest BCUT2D eigenvalue weighted by Crippen LogP contribution is -2.17. The van der Waals surface area contributed by atoms with E-state index in [1.165, 1.54) is 6.42 Å². The fourth-order valence-corrected chi connectivity index (χ4v) is 2.51. The fourth-order valence-electron chi connectivity index (χ4n) is 1.16. The summed E-state index contributed by atoms with van der Waals surface area (Å²) >= 11 is 0. The summed E-state index contributed by atoms with van der Waals surface area (Å²) in [4.78, 5) is 0. The van der Waals surface area contributed by atoms with E-state index in [1.54, 1.807) is 0 Å². The highest BCUT2D eigenvalue weighted by Gasteiger charge is 2.06. The third-order valence-electron chi connectivity index (χ3n) is 2.32. The van der Waals surface area contributed by atoms with Crippen LogP contribution in [0.4, 0.5) is 0 Å². The topological polar surface area (TPSA) is 47.3 Å². The molecule has 0 rings (SSSR count). The quantitative estimate of drug-likeness (QED) is 0.446. The van der Waals surface area contributed by atoms with Gasteiger partial charge in [0, 0.05) is 19.8 Å². The summed E-state index contributed by atoms with van der Waals surface area (Å²) in [6.45, 7) is 3.64. The van der Waals surface area contributed by atoms with E-state index >= 15 is 0 Å². The second-order valence-electron chi connectivity index (χ2n) is 4.11. The monoisotopic (exact) mass is 268 g/mol.